The van der Waals surface area contributed by atoms with E-state index in [0.29, 0.717) is 6.61 Å². The van der Waals surface area contributed by atoms with Crippen LogP contribution < -0.4 is 14.8 Å². The van der Waals surface area contributed by atoms with Crippen molar-refractivity contribution < 1.29 is 19.2 Å². The third kappa shape index (κ3) is 4.40. The van der Waals surface area contributed by atoms with Crippen LogP contribution in [0.4, 0.5) is 0 Å². The SMILES string of the molecule is COc1ccc(C[NH2+]Cc2ccco2)cc1OCc1ccccc1. The fourth-order valence-electron chi connectivity index (χ4n) is 2.51. The van der Waals surface area contributed by atoms with Crippen molar-refractivity contribution in [3.63, 3.8) is 0 Å². The number of hydrogen-bond donors (Lipinski definition) is 1. The minimum atomic E-state index is 0.525. The van der Waals surface area contributed by atoms with E-state index in [1.807, 2.05) is 54.6 Å². The summed E-state index contributed by atoms with van der Waals surface area (Å²) in [4.78, 5) is 0. The van der Waals surface area contributed by atoms with E-state index in [1.165, 1.54) is 5.56 Å². The number of ether oxygens (including phenoxy) is 2. The quantitative estimate of drug-likeness (QED) is 0.692. The highest BCUT2D eigenvalue weighted by molar-refractivity contribution is 5.42. The summed E-state index contributed by atoms with van der Waals surface area (Å²) in [5.74, 6) is 2.50. The van der Waals surface area contributed by atoms with E-state index in [4.69, 9.17) is 13.9 Å². The molecule has 0 spiro atoms. The largest absolute Gasteiger partial charge is 0.493 e. The van der Waals surface area contributed by atoms with Gasteiger partial charge in [-0.3, -0.25) is 0 Å². The van der Waals surface area contributed by atoms with Crippen molar-refractivity contribution in [1.29, 1.82) is 0 Å². The normalized spacial score (nSPS) is 10.5. The zero-order chi connectivity index (χ0) is 16.6. The molecule has 4 heteroatoms. The molecule has 0 fully saturated rings. The molecule has 0 atom stereocenters. The lowest BCUT2D eigenvalue weighted by atomic mass is 10.2. The lowest BCUT2D eigenvalue weighted by Gasteiger charge is -2.12. The number of benzene rings is 2. The van der Waals surface area contributed by atoms with Crippen molar-refractivity contribution in [2.24, 2.45) is 0 Å². The van der Waals surface area contributed by atoms with Crippen molar-refractivity contribution in [3.05, 3.63) is 83.8 Å². The van der Waals surface area contributed by atoms with Crippen LogP contribution in [0, 0.1) is 0 Å². The molecule has 124 valence electrons. The van der Waals surface area contributed by atoms with E-state index in [-0.39, 0.29) is 0 Å². The molecule has 0 amide bonds. The number of nitrogens with two attached hydrogens (primary N) is 1. The maximum absolute atomic E-state index is 5.95. The molecule has 24 heavy (non-hydrogen) atoms. The average molecular weight is 324 g/mol. The van der Waals surface area contributed by atoms with Gasteiger partial charge in [-0.15, -0.1) is 0 Å². The molecule has 0 bridgehead atoms. The van der Waals surface area contributed by atoms with Gasteiger partial charge in [0.05, 0.1) is 13.4 Å². The molecule has 1 heterocycles. The van der Waals surface area contributed by atoms with Gasteiger partial charge in [0.25, 0.3) is 0 Å². The maximum atomic E-state index is 5.95. The van der Waals surface area contributed by atoms with Crippen LogP contribution >= 0.6 is 0 Å². The van der Waals surface area contributed by atoms with Gasteiger partial charge in [-0.25, -0.2) is 0 Å². The third-order valence-electron chi connectivity index (χ3n) is 3.77. The monoisotopic (exact) mass is 324 g/mol. The summed E-state index contributed by atoms with van der Waals surface area (Å²) in [7, 11) is 1.66. The van der Waals surface area contributed by atoms with Gasteiger partial charge in [-0.1, -0.05) is 30.3 Å². The van der Waals surface area contributed by atoms with Gasteiger partial charge < -0.3 is 19.2 Å². The second-order valence-electron chi connectivity index (χ2n) is 5.54. The molecular weight excluding hydrogens is 302 g/mol. The summed E-state index contributed by atoms with van der Waals surface area (Å²) in [6.07, 6.45) is 1.70. The summed E-state index contributed by atoms with van der Waals surface area (Å²) in [5.41, 5.74) is 2.32. The van der Waals surface area contributed by atoms with E-state index in [9.17, 15) is 0 Å². The van der Waals surface area contributed by atoms with Gasteiger partial charge >= 0.3 is 0 Å². The van der Waals surface area contributed by atoms with Crippen molar-refractivity contribution >= 4 is 0 Å². The predicted octanol–water partition coefficient (Wildman–Crippen LogP) is 3.13. The van der Waals surface area contributed by atoms with Gasteiger partial charge in [0.15, 0.2) is 17.3 Å². The molecule has 4 nitrogen and oxygen atoms in total. The summed E-state index contributed by atoms with van der Waals surface area (Å²) >= 11 is 0. The highest BCUT2D eigenvalue weighted by atomic mass is 16.5. The first-order chi connectivity index (χ1) is 11.8. The van der Waals surface area contributed by atoms with Gasteiger partial charge in [0.1, 0.15) is 19.7 Å². The Balaban J connectivity index is 1.61. The first-order valence-electron chi connectivity index (χ1n) is 8.03. The molecule has 0 aliphatic heterocycles. The highest BCUT2D eigenvalue weighted by Crippen LogP contribution is 2.28. The van der Waals surface area contributed by atoms with E-state index in [1.54, 1.807) is 13.4 Å². The number of hydrogen-bond acceptors (Lipinski definition) is 3. The van der Waals surface area contributed by atoms with E-state index < -0.39 is 0 Å². The molecule has 2 aromatic carbocycles. The average Bonchev–Trinajstić information content (AvgIpc) is 3.14. The van der Waals surface area contributed by atoms with Gasteiger partial charge in [-0.2, -0.15) is 0 Å². The molecule has 3 rings (SSSR count). The van der Waals surface area contributed by atoms with Gasteiger partial charge in [-0.05, 0) is 35.9 Å². The van der Waals surface area contributed by atoms with Crippen molar-refractivity contribution in [2.75, 3.05) is 7.11 Å². The summed E-state index contributed by atoms with van der Waals surface area (Å²) in [5, 5.41) is 2.20. The number of methoxy groups -OCH3 is 1. The minimum Gasteiger partial charge on any atom is -0.493 e. The predicted molar refractivity (Wildman–Crippen MR) is 91.8 cm³/mol. The first kappa shape index (κ1) is 16.1. The van der Waals surface area contributed by atoms with Crippen LogP contribution in [-0.4, -0.2) is 7.11 Å². The van der Waals surface area contributed by atoms with Gasteiger partial charge in [0, 0.05) is 5.56 Å². The maximum Gasteiger partial charge on any atom is 0.162 e. The van der Waals surface area contributed by atoms with E-state index >= 15 is 0 Å². The van der Waals surface area contributed by atoms with Crippen LogP contribution in [0.15, 0.2) is 71.3 Å². The summed E-state index contributed by atoms with van der Waals surface area (Å²) in [6, 6.07) is 20.1. The second kappa shape index (κ2) is 8.22. The highest BCUT2D eigenvalue weighted by Gasteiger charge is 2.08. The lowest BCUT2D eigenvalue weighted by Crippen LogP contribution is -2.80. The number of furan rings is 1. The van der Waals surface area contributed by atoms with Crippen LogP contribution in [0.5, 0.6) is 11.5 Å². The molecular formula is C20H22NO3+. The molecule has 0 aliphatic carbocycles. The number of rotatable bonds is 8. The molecule has 0 saturated heterocycles. The Morgan fingerprint density at radius 1 is 0.875 bits per heavy atom. The molecule has 2 N–H and O–H groups in total. The van der Waals surface area contributed by atoms with Crippen molar-refractivity contribution in [1.82, 2.24) is 0 Å². The van der Waals surface area contributed by atoms with Crippen LogP contribution in [0.25, 0.3) is 0 Å². The standard InChI is InChI=1S/C20H21NO3/c1-22-19-10-9-17(13-21-14-18-8-5-11-23-18)12-20(19)24-15-16-6-3-2-4-7-16/h2-12,21H,13-15H2,1H3/p+1. The van der Waals surface area contributed by atoms with Crippen LogP contribution in [-0.2, 0) is 19.7 Å². The first-order valence-corrected chi connectivity index (χ1v) is 8.03. The molecule has 0 radical (unpaired) electrons. The summed E-state index contributed by atoms with van der Waals surface area (Å²) in [6.45, 7) is 2.20. The Morgan fingerprint density at radius 3 is 2.50 bits per heavy atom. The lowest BCUT2D eigenvalue weighted by molar-refractivity contribution is -0.688. The third-order valence-corrected chi connectivity index (χ3v) is 3.77. The van der Waals surface area contributed by atoms with Crippen molar-refractivity contribution in [3.8, 4) is 11.5 Å². The second-order valence-corrected chi connectivity index (χ2v) is 5.54. The van der Waals surface area contributed by atoms with Crippen LogP contribution in [0.2, 0.25) is 0 Å². The zero-order valence-corrected chi connectivity index (χ0v) is 13.8. The van der Waals surface area contributed by atoms with Crippen LogP contribution in [0.3, 0.4) is 0 Å². The molecule has 3 aromatic rings. The smallest absolute Gasteiger partial charge is 0.162 e. The van der Waals surface area contributed by atoms with Crippen molar-refractivity contribution in [2.45, 2.75) is 19.7 Å². The molecule has 0 aliphatic rings. The van der Waals surface area contributed by atoms with E-state index in [2.05, 4.69) is 11.4 Å². The van der Waals surface area contributed by atoms with Gasteiger partial charge in [0.2, 0.25) is 0 Å². The Labute approximate surface area is 142 Å². The van der Waals surface area contributed by atoms with E-state index in [0.717, 1.165) is 35.9 Å². The molecule has 0 unspecified atom stereocenters. The molecule has 0 saturated carbocycles. The Kier molecular flexibility index (Phi) is 5.53. The topological polar surface area (TPSA) is 48.2 Å². The fraction of sp³-hybridized carbons (Fsp3) is 0.200. The fourth-order valence-corrected chi connectivity index (χ4v) is 2.51. The Morgan fingerprint density at radius 2 is 1.75 bits per heavy atom. The molecule has 1 aromatic heterocycles. The summed E-state index contributed by atoms with van der Waals surface area (Å²) < 4.78 is 16.7. The van der Waals surface area contributed by atoms with Crippen LogP contribution in [0.1, 0.15) is 16.9 Å². The Hall–Kier alpha value is -2.72. The minimum absolute atomic E-state index is 0.525. The number of quaternary nitrogens is 1. The Bertz CT molecular complexity index is 739. The zero-order valence-electron chi connectivity index (χ0n) is 13.8.